The standard InChI is InChI=1S/C21H20F3N3O2/c1-12(15-3-2-4-16(20(15)22)21(23)24)26-19-10-25-27-18-6-5-13(9-17(18)19)29-14-7-8-28-11-14/h2-6,9-10,12,14,21H,7-8,11H2,1H3,(H,26,27)/t12-,14?/m1/s1. The Labute approximate surface area is 165 Å². The van der Waals surface area contributed by atoms with Gasteiger partial charge in [-0.3, -0.25) is 0 Å². The van der Waals surface area contributed by atoms with Crippen molar-refractivity contribution in [2.75, 3.05) is 18.5 Å². The van der Waals surface area contributed by atoms with Crippen molar-refractivity contribution in [3.8, 4) is 5.75 Å². The van der Waals surface area contributed by atoms with Gasteiger partial charge in [-0.1, -0.05) is 18.2 Å². The SMILES string of the molecule is C[C@@H](Nc1cnnc2ccc(OC3CCOC3)cc12)c1cccc(C(F)F)c1F. The van der Waals surface area contributed by atoms with Gasteiger partial charge in [-0.15, -0.1) is 0 Å². The monoisotopic (exact) mass is 403 g/mol. The molecule has 3 aromatic rings. The third kappa shape index (κ3) is 4.12. The second kappa shape index (κ2) is 8.24. The lowest BCUT2D eigenvalue weighted by atomic mass is 10.0. The van der Waals surface area contributed by atoms with Crippen LogP contribution in [-0.4, -0.2) is 29.5 Å². The molecule has 1 aliphatic heterocycles. The van der Waals surface area contributed by atoms with Crippen LogP contribution in [0.15, 0.2) is 42.6 Å². The first-order chi connectivity index (χ1) is 14.0. The zero-order valence-corrected chi connectivity index (χ0v) is 15.7. The van der Waals surface area contributed by atoms with Crippen molar-refractivity contribution in [1.29, 1.82) is 0 Å². The molecule has 1 aromatic heterocycles. The summed E-state index contributed by atoms with van der Waals surface area (Å²) in [6.45, 7) is 2.93. The van der Waals surface area contributed by atoms with E-state index in [2.05, 4.69) is 15.5 Å². The molecule has 1 fully saturated rings. The number of fused-ring (bicyclic) bond motifs is 1. The summed E-state index contributed by atoms with van der Waals surface area (Å²) in [7, 11) is 0. The first kappa shape index (κ1) is 19.4. The molecular weight excluding hydrogens is 383 g/mol. The summed E-state index contributed by atoms with van der Waals surface area (Å²) in [6.07, 6.45) is -0.515. The molecule has 2 heterocycles. The molecule has 2 aromatic carbocycles. The smallest absolute Gasteiger partial charge is 0.266 e. The lowest BCUT2D eigenvalue weighted by Gasteiger charge is -2.19. The van der Waals surface area contributed by atoms with Crippen LogP contribution < -0.4 is 10.1 Å². The van der Waals surface area contributed by atoms with E-state index < -0.39 is 23.8 Å². The van der Waals surface area contributed by atoms with E-state index in [1.165, 1.54) is 18.3 Å². The van der Waals surface area contributed by atoms with E-state index in [0.717, 1.165) is 17.9 Å². The number of alkyl halides is 2. The van der Waals surface area contributed by atoms with Crippen LogP contribution in [0.2, 0.25) is 0 Å². The number of nitrogens with zero attached hydrogens (tertiary/aromatic N) is 2. The molecule has 0 bridgehead atoms. The van der Waals surface area contributed by atoms with Crippen molar-refractivity contribution >= 4 is 16.6 Å². The van der Waals surface area contributed by atoms with Gasteiger partial charge in [0.15, 0.2) is 0 Å². The van der Waals surface area contributed by atoms with Crippen molar-refractivity contribution in [2.24, 2.45) is 0 Å². The second-order valence-corrected chi connectivity index (χ2v) is 6.96. The molecule has 8 heteroatoms. The first-order valence-electron chi connectivity index (χ1n) is 9.35. The number of nitrogens with one attached hydrogen (secondary N) is 1. The van der Waals surface area contributed by atoms with E-state index in [0.29, 0.717) is 30.2 Å². The fraction of sp³-hybridized carbons (Fsp3) is 0.333. The maximum atomic E-state index is 14.5. The molecular formula is C21H20F3N3O2. The van der Waals surface area contributed by atoms with E-state index in [-0.39, 0.29) is 11.7 Å². The third-order valence-electron chi connectivity index (χ3n) is 4.93. The molecule has 0 amide bonds. The van der Waals surface area contributed by atoms with E-state index in [1.807, 2.05) is 12.1 Å². The van der Waals surface area contributed by atoms with Gasteiger partial charge in [-0.2, -0.15) is 10.2 Å². The summed E-state index contributed by atoms with van der Waals surface area (Å²) in [5.74, 6) is -0.235. The molecule has 0 aliphatic carbocycles. The molecule has 5 nitrogen and oxygen atoms in total. The summed E-state index contributed by atoms with van der Waals surface area (Å²) < 4.78 is 51.8. The zero-order chi connectivity index (χ0) is 20.4. The van der Waals surface area contributed by atoms with Crippen molar-refractivity contribution in [3.63, 3.8) is 0 Å². The number of ether oxygens (including phenoxy) is 2. The number of hydrogen-bond acceptors (Lipinski definition) is 5. The summed E-state index contributed by atoms with van der Waals surface area (Å²) >= 11 is 0. The van der Waals surface area contributed by atoms with Gasteiger partial charge in [0.05, 0.1) is 42.2 Å². The second-order valence-electron chi connectivity index (χ2n) is 6.96. The lowest BCUT2D eigenvalue weighted by molar-refractivity contribution is 0.141. The minimum atomic E-state index is -2.87. The highest BCUT2D eigenvalue weighted by Crippen LogP contribution is 2.32. The van der Waals surface area contributed by atoms with Crippen molar-refractivity contribution in [1.82, 2.24) is 10.2 Å². The van der Waals surface area contributed by atoms with Gasteiger partial charge < -0.3 is 14.8 Å². The molecule has 2 atom stereocenters. The average molecular weight is 403 g/mol. The quantitative estimate of drug-likeness (QED) is 0.624. The van der Waals surface area contributed by atoms with Gasteiger partial charge in [-0.25, -0.2) is 13.2 Å². The molecule has 0 saturated carbocycles. The van der Waals surface area contributed by atoms with E-state index >= 15 is 0 Å². The fourth-order valence-electron chi connectivity index (χ4n) is 3.41. The van der Waals surface area contributed by atoms with Crippen LogP contribution in [0.4, 0.5) is 18.9 Å². The Morgan fingerprint density at radius 2 is 2.03 bits per heavy atom. The summed E-state index contributed by atoms with van der Waals surface area (Å²) in [5.41, 5.74) is 0.795. The minimum absolute atomic E-state index is 0.00348. The van der Waals surface area contributed by atoms with Crippen LogP contribution in [0.1, 0.15) is 36.9 Å². The van der Waals surface area contributed by atoms with E-state index in [4.69, 9.17) is 9.47 Å². The highest BCUT2D eigenvalue weighted by atomic mass is 19.3. The molecule has 1 saturated heterocycles. The Balaban J connectivity index is 1.62. The Hall–Kier alpha value is -2.87. The predicted octanol–water partition coefficient (Wildman–Crippen LogP) is 5.05. The maximum Gasteiger partial charge on any atom is 0.266 e. The highest BCUT2D eigenvalue weighted by molar-refractivity contribution is 5.91. The van der Waals surface area contributed by atoms with Crippen molar-refractivity contribution in [3.05, 3.63) is 59.5 Å². The third-order valence-corrected chi connectivity index (χ3v) is 4.93. The number of anilines is 1. The average Bonchev–Trinajstić information content (AvgIpc) is 3.21. The largest absolute Gasteiger partial charge is 0.488 e. The molecule has 0 spiro atoms. The molecule has 1 unspecified atom stereocenters. The summed E-state index contributed by atoms with van der Waals surface area (Å²) in [4.78, 5) is 0. The van der Waals surface area contributed by atoms with Gasteiger partial charge >= 0.3 is 0 Å². The van der Waals surface area contributed by atoms with Gasteiger partial charge in [0.2, 0.25) is 0 Å². The summed E-state index contributed by atoms with van der Waals surface area (Å²) in [6, 6.07) is 8.89. The van der Waals surface area contributed by atoms with Gasteiger partial charge in [0.1, 0.15) is 17.7 Å². The van der Waals surface area contributed by atoms with E-state index in [1.54, 1.807) is 13.0 Å². The van der Waals surface area contributed by atoms with Gasteiger partial charge in [0.25, 0.3) is 6.43 Å². The maximum absolute atomic E-state index is 14.5. The minimum Gasteiger partial charge on any atom is -0.488 e. The van der Waals surface area contributed by atoms with Crippen LogP contribution in [0.3, 0.4) is 0 Å². The number of halogens is 3. The summed E-state index contributed by atoms with van der Waals surface area (Å²) in [5, 5.41) is 12.0. The molecule has 152 valence electrons. The van der Waals surface area contributed by atoms with Crippen LogP contribution >= 0.6 is 0 Å². The number of rotatable bonds is 6. The van der Waals surface area contributed by atoms with Crippen LogP contribution in [0.25, 0.3) is 10.9 Å². The first-order valence-corrected chi connectivity index (χ1v) is 9.35. The Morgan fingerprint density at radius 1 is 1.21 bits per heavy atom. The molecule has 4 rings (SSSR count). The number of aromatic nitrogens is 2. The molecule has 29 heavy (non-hydrogen) atoms. The molecule has 0 radical (unpaired) electrons. The fourth-order valence-corrected chi connectivity index (χ4v) is 3.41. The normalized spacial score (nSPS) is 17.6. The zero-order valence-electron chi connectivity index (χ0n) is 15.7. The van der Waals surface area contributed by atoms with Crippen LogP contribution in [0.5, 0.6) is 5.75 Å². The van der Waals surface area contributed by atoms with Gasteiger partial charge in [0, 0.05) is 17.4 Å². The van der Waals surface area contributed by atoms with Crippen LogP contribution in [-0.2, 0) is 4.74 Å². The predicted molar refractivity (Wildman–Crippen MR) is 103 cm³/mol. The topological polar surface area (TPSA) is 56.3 Å². The highest BCUT2D eigenvalue weighted by Gasteiger charge is 2.21. The van der Waals surface area contributed by atoms with E-state index in [9.17, 15) is 13.2 Å². The lowest BCUT2D eigenvalue weighted by Crippen LogP contribution is -2.15. The Bertz CT molecular complexity index is 1010. The number of hydrogen-bond donors (Lipinski definition) is 1. The van der Waals surface area contributed by atoms with Crippen molar-refractivity contribution in [2.45, 2.75) is 31.9 Å². The van der Waals surface area contributed by atoms with Crippen molar-refractivity contribution < 1.29 is 22.6 Å². The molecule has 1 aliphatic rings. The number of benzene rings is 2. The molecule has 1 N–H and O–H groups in total. The Morgan fingerprint density at radius 3 is 2.79 bits per heavy atom. The van der Waals surface area contributed by atoms with Gasteiger partial charge in [-0.05, 0) is 25.1 Å². The Kier molecular flexibility index (Phi) is 5.53. The van der Waals surface area contributed by atoms with Crippen LogP contribution in [0, 0.1) is 5.82 Å².